The molecule has 0 aliphatic rings. The van der Waals surface area contributed by atoms with E-state index in [-0.39, 0.29) is 17.2 Å². The molecule has 1 amide bonds. The van der Waals surface area contributed by atoms with E-state index < -0.39 is 10.8 Å². The van der Waals surface area contributed by atoms with Crippen LogP contribution < -0.4 is 11.1 Å². The highest BCUT2D eigenvalue weighted by atomic mass is 16.6. The summed E-state index contributed by atoms with van der Waals surface area (Å²) < 4.78 is 0. The number of nitrogens with zero attached hydrogens (tertiary/aromatic N) is 3. The molecular weight excluding hydrogens is 226 g/mol. The number of benzene rings is 1. The van der Waals surface area contributed by atoms with Crippen LogP contribution in [0.5, 0.6) is 0 Å². The van der Waals surface area contributed by atoms with Crippen LogP contribution in [0.1, 0.15) is 10.4 Å². The predicted octanol–water partition coefficient (Wildman–Crippen LogP) is 0.120. The molecule has 0 heterocycles. The molecule has 1 aromatic rings. The van der Waals surface area contributed by atoms with Gasteiger partial charge in [0.05, 0.1) is 4.92 Å². The van der Waals surface area contributed by atoms with Crippen molar-refractivity contribution in [2.45, 2.75) is 0 Å². The van der Waals surface area contributed by atoms with E-state index in [0.29, 0.717) is 0 Å². The zero-order chi connectivity index (χ0) is 12.8. The van der Waals surface area contributed by atoms with Gasteiger partial charge in [0.15, 0.2) is 0 Å². The van der Waals surface area contributed by atoms with Crippen LogP contribution in [0.3, 0.4) is 0 Å². The van der Waals surface area contributed by atoms with Crippen molar-refractivity contribution >= 4 is 17.6 Å². The second-order valence-electron chi connectivity index (χ2n) is 2.86. The molecule has 8 heteroatoms. The lowest BCUT2D eigenvalue weighted by Crippen LogP contribution is -2.36. The Bertz CT molecular complexity index is 514. The summed E-state index contributed by atoms with van der Waals surface area (Å²) >= 11 is 0. The molecule has 86 valence electrons. The topological polar surface area (TPSA) is 134 Å². The average Bonchev–Trinajstić information content (AvgIpc) is 2.29. The van der Waals surface area contributed by atoms with Gasteiger partial charge in [0.2, 0.25) is 12.2 Å². The number of hydrogen-bond acceptors (Lipinski definition) is 5. The van der Waals surface area contributed by atoms with E-state index in [0.717, 1.165) is 0 Å². The zero-order valence-electron chi connectivity index (χ0n) is 8.45. The smallest absolute Gasteiger partial charge is 0.269 e. The van der Waals surface area contributed by atoms with E-state index in [1.54, 1.807) is 0 Å². The monoisotopic (exact) mass is 233 g/mol. The molecule has 0 fully saturated rings. The largest absolute Gasteiger partial charge is 0.369 e. The van der Waals surface area contributed by atoms with E-state index in [2.05, 4.69) is 10.3 Å². The highest BCUT2D eigenvalue weighted by Gasteiger charge is 2.09. The van der Waals surface area contributed by atoms with Crippen molar-refractivity contribution in [3.63, 3.8) is 0 Å². The van der Waals surface area contributed by atoms with Crippen LogP contribution >= 0.6 is 0 Å². The highest BCUT2D eigenvalue weighted by Crippen LogP contribution is 2.11. The first-order valence-electron chi connectivity index (χ1n) is 4.32. The fraction of sp³-hybridized carbons (Fsp3) is 0. The van der Waals surface area contributed by atoms with Gasteiger partial charge in [-0.2, -0.15) is 5.26 Å². The van der Waals surface area contributed by atoms with Crippen LogP contribution in [-0.2, 0) is 0 Å². The van der Waals surface area contributed by atoms with Gasteiger partial charge >= 0.3 is 0 Å². The number of carbonyl (C=O) groups excluding carboxylic acids is 1. The van der Waals surface area contributed by atoms with Gasteiger partial charge in [-0.1, -0.05) is 0 Å². The first kappa shape index (κ1) is 12.1. The number of aliphatic imine (C=N–C) groups is 1. The van der Waals surface area contributed by atoms with Gasteiger partial charge in [0.25, 0.3) is 11.6 Å². The number of nitrogens with one attached hydrogen (secondary N) is 1. The second kappa shape index (κ2) is 5.22. The molecule has 0 atom stereocenters. The molecule has 0 aliphatic heterocycles. The number of nitro groups is 1. The third kappa shape index (κ3) is 3.28. The molecule has 1 aromatic carbocycles. The normalized spacial score (nSPS) is 10.4. The standard InChI is InChI=1S/C9H7N5O3/c10-5-12-9(11)13-8(15)6-1-3-7(4-2-6)14(16)17/h1-4H,(H3,11,12,13,15). The van der Waals surface area contributed by atoms with Gasteiger partial charge in [0, 0.05) is 17.7 Å². The summed E-state index contributed by atoms with van der Waals surface area (Å²) in [6, 6.07) is 4.92. The summed E-state index contributed by atoms with van der Waals surface area (Å²) in [6.45, 7) is 0. The minimum absolute atomic E-state index is 0.125. The SMILES string of the molecule is N#CN=C(N)NC(=O)c1ccc([N+](=O)[O-])cc1. The van der Waals surface area contributed by atoms with Gasteiger partial charge in [0.1, 0.15) is 0 Å². The maximum absolute atomic E-state index is 11.5. The maximum Gasteiger partial charge on any atom is 0.269 e. The van der Waals surface area contributed by atoms with Crippen LogP contribution in [-0.4, -0.2) is 16.8 Å². The van der Waals surface area contributed by atoms with Crippen molar-refractivity contribution in [1.82, 2.24) is 5.32 Å². The Labute approximate surface area is 95.5 Å². The summed E-state index contributed by atoms with van der Waals surface area (Å²) in [4.78, 5) is 24.4. The Kier molecular flexibility index (Phi) is 3.72. The minimum Gasteiger partial charge on any atom is -0.369 e. The van der Waals surface area contributed by atoms with Crippen LogP contribution in [0.4, 0.5) is 5.69 Å². The van der Waals surface area contributed by atoms with E-state index in [1.165, 1.54) is 30.5 Å². The third-order valence-corrected chi connectivity index (χ3v) is 1.75. The third-order valence-electron chi connectivity index (χ3n) is 1.75. The Morgan fingerprint density at radius 3 is 2.53 bits per heavy atom. The molecule has 0 unspecified atom stereocenters. The van der Waals surface area contributed by atoms with Crippen molar-refractivity contribution in [3.05, 3.63) is 39.9 Å². The van der Waals surface area contributed by atoms with E-state index in [9.17, 15) is 14.9 Å². The van der Waals surface area contributed by atoms with E-state index in [4.69, 9.17) is 11.0 Å². The lowest BCUT2D eigenvalue weighted by Gasteiger charge is -2.02. The Balaban J connectivity index is 2.81. The van der Waals surface area contributed by atoms with Crippen molar-refractivity contribution in [1.29, 1.82) is 5.26 Å². The van der Waals surface area contributed by atoms with Gasteiger partial charge in [-0.25, -0.2) is 0 Å². The molecule has 0 bridgehead atoms. The van der Waals surface area contributed by atoms with Gasteiger partial charge in [-0.05, 0) is 12.1 Å². The van der Waals surface area contributed by atoms with Gasteiger partial charge < -0.3 is 5.73 Å². The fourth-order valence-electron chi connectivity index (χ4n) is 1.00. The summed E-state index contributed by atoms with van der Waals surface area (Å²) in [5.41, 5.74) is 5.24. The lowest BCUT2D eigenvalue weighted by atomic mass is 10.2. The quantitative estimate of drug-likeness (QED) is 0.246. The molecular formula is C9H7N5O3. The predicted molar refractivity (Wildman–Crippen MR) is 57.8 cm³/mol. The summed E-state index contributed by atoms with van der Waals surface area (Å²) in [5, 5.41) is 20.7. The summed E-state index contributed by atoms with van der Waals surface area (Å²) in [6.07, 6.45) is 1.41. The number of amides is 1. The number of nitro benzene ring substituents is 1. The Morgan fingerprint density at radius 1 is 1.47 bits per heavy atom. The summed E-state index contributed by atoms with van der Waals surface area (Å²) in [7, 11) is 0. The number of nitriles is 1. The average molecular weight is 233 g/mol. The molecule has 0 spiro atoms. The first-order chi connectivity index (χ1) is 8.04. The number of nitrogens with two attached hydrogens (primary N) is 1. The van der Waals surface area contributed by atoms with Crippen LogP contribution in [0.2, 0.25) is 0 Å². The molecule has 0 aromatic heterocycles. The number of rotatable bonds is 2. The molecule has 17 heavy (non-hydrogen) atoms. The maximum atomic E-state index is 11.5. The lowest BCUT2D eigenvalue weighted by molar-refractivity contribution is -0.384. The summed E-state index contributed by atoms with van der Waals surface area (Å²) in [5.74, 6) is -0.938. The number of guanidine groups is 1. The zero-order valence-corrected chi connectivity index (χ0v) is 8.45. The van der Waals surface area contributed by atoms with Crippen LogP contribution in [0, 0.1) is 21.6 Å². The van der Waals surface area contributed by atoms with Crippen molar-refractivity contribution in [3.8, 4) is 6.19 Å². The Hall–Kier alpha value is -2.95. The van der Waals surface area contributed by atoms with Crippen LogP contribution in [0.25, 0.3) is 0 Å². The number of hydrogen-bond donors (Lipinski definition) is 2. The minimum atomic E-state index is -0.601. The first-order valence-corrected chi connectivity index (χ1v) is 4.32. The molecule has 3 N–H and O–H groups in total. The van der Waals surface area contributed by atoms with Crippen molar-refractivity contribution in [2.24, 2.45) is 10.7 Å². The molecule has 1 rings (SSSR count). The van der Waals surface area contributed by atoms with Crippen molar-refractivity contribution < 1.29 is 9.72 Å². The number of non-ortho nitro benzene ring substituents is 1. The Morgan fingerprint density at radius 2 is 2.06 bits per heavy atom. The second-order valence-corrected chi connectivity index (χ2v) is 2.86. The molecule has 0 radical (unpaired) electrons. The van der Waals surface area contributed by atoms with Gasteiger partial charge in [-0.15, -0.1) is 4.99 Å². The number of carbonyl (C=O) groups is 1. The fourth-order valence-corrected chi connectivity index (χ4v) is 1.00. The van der Waals surface area contributed by atoms with E-state index in [1.807, 2.05) is 0 Å². The van der Waals surface area contributed by atoms with E-state index >= 15 is 0 Å². The van der Waals surface area contributed by atoms with Crippen molar-refractivity contribution in [2.75, 3.05) is 0 Å². The van der Waals surface area contributed by atoms with Crippen LogP contribution in [0.15, 0.2) is 29.3 Å². The molecule has 8 nitrogen and oxygen atoms in total. The highest BCUT2D eigenvalue weighted by molar-refractivity contribution is 6.05. The molecule has 0 saturated carbocycles. The molecule has 0 saturated heterocycles. The molecule has 0 aliphatic carbocycles. The van der Waals surface area contributed by atoms with Gasteiger partial charge in [-0.3, -0.25) is 20.2 Å².